The second-order valence-corrected chi connectivity index (χ2v) is 11.6. The van der Waals surface area contributed by atoms with E-state index < -0.39 is 27.3 Å². The van der Waals surface area contributed by atoms with E-state index in [2.05, 4.69) is 15.5 Å². The lowest BCUT2D eigenvalue weighted by atomic mass is 10.1. The Morgan fingerprint density at radius 2 is 1.88 bits per heavy atom. The SMILES string of the molecule is CCNC(=O)Nc1ccc(-c2nc(N3CCOC[C@@H]3C)cc(C3(S(=O)c4ccccc4C(F)(F)F)CC3)n2)cc1. The highest BCUT2D eigenvalue weighted by molar-refractivity contribution is 7.86. The molecule has 1 aliphatic carbocycles. The number of anilines is 2. The van der Waals surface area contributed by atoms with Gasteiger partial charge in [-0.05, 0) is 63.1 Å². The van der Waals surface area contributed by atoms with Gasteiger partial charge in [0.25, 0.3) is 0 Å². The Labute approximate surface area is 232 Å². The van der Waals surface area contributed by atoms with E-state index in [1.165, 1.54) is 18.2 Å². The van der Waals surface area contributed by atoms with E-state index in [-0.39, 0.29) is 17.0 Å². The molecule has 2 heterocycles. The number of rotatable bonds is 7. The Bertz CT molecular complexity index is 1410. The highest BCUT2D eigenvalue weighted by atomic mass is 32.2. The van der Waals surface area contributed by atoms with Crippen LogP contribution in [-0.4, -0.2) is 52.6 Å². The van der Waals surface area contributed by atoms with Gasteiger partial charge in [0, 0.05) is 30.4 Å². The smallest absolute Gasteiger partial charge is 0.377 e. The first-order valence-electron chi connectivity index (χ1n) is 13.1. The van der Waals surface area contributed by atoms with E-state index in [1.54, 1.807) is 30.3 Å². The van der Waals surface area contributed by atoms with Crippen LogP contribution in [0.5, 0.6) is 0 Å². The molecule has 3 aromatic rings. The first-order chi connectivity index (χ1) is 19.1. The molecule has 1 aromatic heterocycles. The molecule has 212 valence electrons. The minimum atomic E-state index is -4.63. The van der Waals surface area contributed by atoms with Gasteiger partial charge in [0.05, 0.1) is 51.0 Å². The second kappa shape index (κ2) is 11.2. The van der Waals surface area contributed by atoms with E-state index in [0.29, 0.717) is 67.7 Å². The van der Waals surface area contributed by atoms with E-state index in [9.17, 15) is 22.2 Å². The molecule has 40 heavy (non-hydrogen) atoms. The molecule has 0 bridgehead atoms. The maximum Gasteiger partial charge on any atom is 0.417 e. The second-order valence-electron chi connectivity index (χ2n) is 9.87. The monoisotopic (exact) mass is 573 g/mol. The molecule has 2 fully saturated rings. The number of urea groups is 1. The normalized spacial score (nSPS) is 19.1. The van der Waals surface area contributed by atoms with Crippen molar-refractivity contribution in [1.29, 1.82) is 0 Å². The van der Waals surface area contributed by atoms with Crippen LogP contribution in [0.25, 0.3) is 11.4 Å². The van der Waals surface area contributed by atoms with Crippen molar-refractivity contribution < 1.29 is 26.9 Å². The molecule has 12 heteroatoms. The minimum absolute atomic E-state index is 0.0135. The molecule has 2 aliphatic rings. The number of nitrogens with one attached hydrogen (secondary N) is 2. The Morgan fingerprint density at radius 1 is 1.15 bits per heavy atom. The number of alkyl halides is 3. The molecule has 1 unspecified atom stereocenters. The molecule has 0 spiro atoms. The van der Waals surface area contributed by atoms with Gasteiger partial charge in [-0.2, -0.15) is 13.2 Å². The Kier molecular flexibility index (Phi) is 7.83. The van der Waals surface area contributed by atoms with Gasteiger partial charge in [0.1, 0.15) is 5.82 Å². The summed E-state index contributed by atoms with van der Waals surface area (Å²) in [5, 5.41) is 5.41. The lowest BCUT2D eigenvalue weighted by Gasteiger charge is -2.34. The highest BCUT2D eigenvalue weighted by Crippen LogP contribution is 2.54. The van der Waals surface area contributed by atoms with Crippen molar-refractivity contribution in [1.82, 2.24) is 15.3 Å². The van der Waals surface area contributed by atoms with Crippen molar-refractivity contribution in [2.24, 2.45) is 0 Å². The fourth-order valence-electron chi connectivity index (χ4n) is 4.77. The number of nitrogens with zero attached hydrogens (tertiary/aromatic N) is 3. The third-order valence-electron chi connectivity index (χ3n) is 7.03. The van der Waals surface area contributed by atoms with Crippen LogP contribution in [-0.2, 0) is 26.5 Å². The number of morpholine rings is 1. The zero-order valence-corrected chi connectivity index (χ0v) is 22.9. The van der Waals surface area contributed by atoms with Crippen molar-refractivity contribution in [2.45, 2.75) is 48.5 Å². The zero-order chi connectivity index (χ0) is 28.5. The van der Waals surface area contributed by atoms with Crippen LogP contribution in [0.2, 0.25) is 0 Å². The van der Waals surface area contributed by atoms with Crippen LogP contribution in [0, 0.1) is 0 Å². The number of benzene rings is 2. The van der Waals surface area contributed by atoms with Crippen LogP contribution < -0.4 is 15.5 Å². The van der Waals surface area contributed by atoms with Crippen LogP contribution in [0.3, 0.4) is 0 Å². The molecule has 1 saturated carbocycles. The molecule has 2 N–H and O–H groups in total. The molecule has 2 aromatic carbocycles. The lowest BCUT2D eigenvalue weighted by molar-refractivity contribution is -0.139. The van der Waals surface area contributed by atoms with Gasteiger partial charge in [0.2, 0.25) is 0 Å². The number of hydrogen-bond donors (Lipinski definition) is 2. The summed E-state index contributed by atoms with van der Waals surface area (Å²) in [7, 11) is -2.00. The van der Waals surface area contributed by atoms with Gasteiger partial charge in [-0.1, -0.05) is 12.1 Å². The molecule has 5 rings (SSSR count). The van der Waals surface area contributed by atoms with Crippen LogP contribution in [0.15, 0.2) is 59.5 Å². The summed E-state index contributed by atoms with van der Waals surface area (Å²) in [6.07, 6.45) is -3.75. The molecule has 2 amide bonds. The predicted molar refractivity (Wildman–Crippen MR) is 147 cm³/mol. The van der Waals surface area contributed by atoms with E-state index in [0.717, 1.165) is 6.07 Å². The Morgan fingerprint density at radius 3 is 2.52 bits per heavy atom. The Hall–Kier alpha value is -3.51. The van der Waals surface area contributed by atoms with E-state index in [4.69, 9.17) is 14.7 Å². The quantitative estimate of drug-likeness (QED) is 0.397. The highest BCUT2D eigenvalue weighted by Gasteiger charge is 2.54. The predicted octanol–water partition coefficient (Wildman–Crippen LogP) is 5.33. The summed E-state index contributed by atoms with van der Waals surface area (Å²) in [5.74, 6) is 0.968. The van der Waals surface area contributed by atoms with Crippen molar-refractivity contribution in [3.8, 4) is 11.4 Å². The largest absolute Gasteiger partial charge is 0.417 e. The third kappa shape index (κ3) is 5.68. The average Bonchev–Trinajstić information content (AvgIpc) is 3.75. The standard InChI is InChI=1S/C28H30F3N5O3S/c1-3-32-26(37)33-20-10-8-19(9-11-20)25-34-23(16-24(35-25)36-14-15-39-17-18(36)2)27(12-13-27)40(38)22-7-5-4-6-21(22)28(29,30)31/h4-11,16,18H,3,12-15,17H2,1-2H3,(H2,32,33,37)/t18-,40?/m0/s1. The van der Waals surface area contributed by atoms with Gasteiger partial charge in [-0.3, -0.25) is 4.21 Å². The average molecular weight is 574 g/mol. The number of amides is 2. The van der Waals surface area contributed by atoms with Gasteiger partial charge >= 0.3 is 12.2 Å². The summed E-state index contributed by atoms with van der Waals surface area (Å²) in [5.41, 5.74) is 0.788. The molecule has 1 aliphatic heterocycles. The topological polar surface area (TPSA) is 96.5 Å². The maximum absolute atomic E-state index is 13.9. The van der Waals surface area contributed by atoms with Crippen LogP contribution in [0.1, 0.15) is 37.9 Å². The number of hydrogen-bond acceptors (Lipinski definition) is 6. The number of carbonyl (C=O) groups excluding carboxylic acids is 1. The van der Waals surface area contributed by atoms with Gasteiger partial charge in [0.15, 0.2) is 5.82 Å². The summed E-state index contributed by atoms with van der Waals surface area (Å²) in [6.45, 7) is 5.91. The molecule has 0 radical (unpaired) electrons. The molecule has 8 nitrogen and oxygen atoms in total. The Balaban J connectivity index is 1.56. The number of carbonyl (C=O) groups is 1. The number of aromatic nitrogens is 2. The molecule has 1 saturated heterocycles. The molecular weight excluding hydrogens is 543 g/mol. The lowest BCUT2D eigenvalue weighted by Crippen LogP contribution is -2.44. The molecular formula is C28H30F3N5O3S. The van der Waals surface area contributed by atoms with Crippen molar-refractivity contribution >= 4 is 28.3 Å². The first-order valence-corrected chi connectivity index (χ1v) is 14.2. The minimum Gasteiger partial charge on any atom is -0.377 e. The summed E-state index contributed by atoms with van der Waals surface area (Å²) < 4.78 is 59.8. The van der Waals surface area contributed by atoms with Crippen molar-refractivity contribution in [3.63, 3.8) is 0 Å². The van der Waals surface area contributed by atoms with Crippen LogP contribution >= 0.6 is 0 Å². The van der Waals surface area contributed by atoms with E-state index in [1.807, 2.05) is 13.8 Å². The van der Waals surface area contributed by atoms with Crippen molar-refractivity contribution in [2.75, 3.05) is 36.5 Å². The third-order valence-corrected chi connectivity index (χ3v) is 9.11. The summed E-state index contributed by atoms with van der Waals surface area (Å²) >= 11 is 0. The number of halogens is 3. The van der Waals surface area contributed by atoms with Gasteiger partial charge < -0.3 is 20.3 Å². The van der Waals surface area contributed by atoms with Gasteiger partial charge in [-0.25, -0.2) is 14.8 Å². The maximum atomic E-state index is 13.9. The number of ether oxygens (including phenoxy) is 1. The van der Waals surface area contributed by atoms with Crippen molar-refractivity contribution in [3.05, 3.63) is 65.9 Å². The van der Waals surface area contributed by atoms with Gasteiger partial charge in [-0.15, -0.1) is 0 Å². The summed E-state index contributed by atoms with van der Waals surface area (Å²) in [6, 6.07) is 13.5. The summed E-state index contributed by atoms with van der Waals surface area (Å²) in [4.78, 5) is 23.3. The fourth-order valence-corrected chi connectivity index (χ4v) is 6.55. The first kappa shape index (κ1) is 28.0. The van der Waals surface area contributed by atoms with Crippen LogP contribution in [0.4, 0.5) is 29.5 Å². The fraction of sp³-hybridized carbons (Fsp3) is 0.393. The zero-order valence-electron chi connectivity index (χ0n) is 22.1. The molecule has 2 atom stereocenters. The van der Waals surface area contributed by atoms with E-state index >= 15 is 0 Å².